The van der Waals surface area contributed by atoms with Gasteiger partial charge in [0.1, 0.15) is 0 Å². The van der Waals surface area contributed by atoms with Gasteiger partial charge in [-0.15, -0.1) is 0 Å². The van der Waals surface area contributed by atoms with Crippen LogP contribution in [-0.2, 0) is 20.1 Å². The van der Waals surface area contributed by atoms with Crippen molar-refractivity contribution in [3.05, 3.63) is 47.8 Å². The molecule has 0 aliphatic heterocycles. The van der Waals surface area contributed by atoms with Crippen LogP contribution in [0.2, 0.25) is 0 Å². The van der Waals surface area contributed by atoms with E-state index < -0.39 is 0 Å². The molecule has 96 valence electrons. The summed E-state index contributed by atoms with van der Waals surface area (Å²) in [5.41, 5.74) is 3.66. The molecule has 0 radical (unpaired) electrons. The van der Waals surface area contributed by atoms with Crippen LogP contribution in [0.15, 0.2) is 36.7 Å². The zero-order valence-corrected chi connectivity index (χ0v) is 11.2. The molecular weight excluding hydrogens is 224 g/mol. The zero-order chi connectivity index (χ0) is 13.0. The van der Waals surface area contributed by atoms with Crippen LogP contribution >= 0.6 is 0 Å². The van der Waals surface area contributed by atoms with Gasteiger partial charge >= 0.3 is 0 Å². The highest BCUT2D eigenvalue weighted by molar-refractivity contribution is 5.46. The number of hydrogen-bond donors (Lipinski definition) is 1. The van der Waals surface area contributed by atoms with Gasteiger partial charge < -0.3 is 10.2 Å². The molecule has 4 nitrogen and oxygen atoms in total. The lowest BCUT2D eigenvalue weighted by atomic mass is 10.2. The van der Waals surface area contributed by atoms with E-state index in [-0.39, 0.29) is 0 Å². The summed E-state index contributed by atoms with van der Waals surface area (Å²) in [5, 5.41) is 7.57. The largest absolute Gasteiger partial charge is 0.381 e. The van der Waals surface area contributed by atoms with E-state index >= 15 is 0 Å². The van der Waals surface area contributed by atoms with Crippen molar-refractivity contribution in [3.63, 3.8) is 0 Å². The van der Waals surface area contributed by atoms with Crippen molar-refractivity contribution in [2.24, 2.45) is 7.05 Å². The molecule has 1 N–H and O–H groups in total. The van der Waals surface area contributed by atoms with Crippen LogP contribution in [0.1, 0.15) is 11.1 Å². The summed E-state index contributed by atoms with van der Waals surface area (Å²) in [6, 6.07) is 8.52. The van der Waals surface area contributed by atoms with Gasteiger partial charge in [-0.05, 0) is 31.8 Å². The van der Waals surface area contributed by atoms with Gasteiger partial charge in [-0.2, -0.15) is 5.10 Å². The highest BCUT2D eigenvalue weighted by Gasteiger charge is 1.99. The summed E-state index contributed by atoms with van der Waals surface area (Å²) in [6.45, 7) is 1.77. The van der Waals surface area contributed by atoms with Crippen LogP contribution in [0, 0.1) is 0 Å². The smallest absolute Gasteiger partial charge is 0.0539 e. The van der Waals surface area contributed by atoms with Crippen LogP contribution in [-0.4, -0.2) is 28.8 Å². The second kappa shape index (κ2) is 5.69. The molecule has 1 aromatic heterocycles. The van der Waals surface area contributed by atoms with Crippen molar-refractivity contribution in [1.82, 2.24) is 14.7 Å². The van der Waals surface area contributed by atoms with Crippen LogP contribution < -0.4 is 5.32 Å². The minimum atomic E-state index is 0.805. The molecule has 0 saturated carbocycles. The number of nitrogens with zero attached hydrogens (tertiary/aromatic N) is 3. The molecule has 0 unspecified atom stereocenters. The Morgan fingerprint density at radius 1 is 1.28 bits per heavy atom. The number of nitrogens with one attached hydrogen (secondary N) is 1. The van der Waals surface area contributed by atoms with Gasteiger partial charge in [-0.3, -0.25) is 4.68 Å². The molecule has 0 aliphatic rings. The molecule has 0 saturated heterocycles. The van der Waals surface area contributed by atoms with Crippen molar-refractivity contribution in [2.75, 3.05) is 19.4 Å². The van der Waals surface area contributed by atoms with Crippen LogP contribution in [0.4, 0.5) is 5.69 Å². The minimum absolute atomic E-state index is 0.805. The third-order valence-electron chi connectivity index (χ3n) is 2.68. The molecule has 2 aromatic rings. The number of benzene rings is 1. The van der Waals surface area contributed by atoms with E-state index in [4.69, 9.17) is 0 Å². The topological polar surface area (TPSA) is 33.1 Å². The fourth-order valence-electron chi connectivity index (χ4n) is 1.91. The number of aromatic nitrogens is 2. The Balaban J connectivity index is 1.96. The summed E-state index contributed by atoms with van der Waals surface area (Å²) in [6.07, 6.45) is 3.91. The van der Waals surface area contributed by atoms with E-state index in [0.29, 0.717) is 0 Å². The maximum Gasteiger partial charge on any atom is 0.0539 e. The summed E-state index contributed by atoms with van der Waals surface area (Å²) >= 11 is 0. The predicted molar refractivity (Wildman–Crippen MR) is 74.4 cm³/mol. The van der Waals surface area contributed by atoms with Crippen molar-refractivity contribution in [1.29, 1.82) is 0 Å². The first-order valence-electron chi connectivity index (χ1n) is 6.08. The number of aryl methyl sites for hydroxylation is 1. The van der Waals surface area contributed by atoms with E-state index in [1.807, 2.05) is 24.1 Å². The maximum atomic E-state index is 4.16. The molecule has 0 bridgehead atoms. The van der Waals surface area contributed by atoms with Gasteiger partial charge in [0.2, 0.25) is 0 Å². The average molecular weight is 244 g/mol. The maximum absolute atomic E-state index is 4.16. The van der Waals surface area contributed by atoms with Crippen molar-refractivity contribution in [3.8, 4) is 0 Å². The van der Waals surface area contributed by atoms with Gasteiger partial charge in [0.25, 0.3) is 0 Å². The first-order valence-corrected chi connectivity index (χ1v) is 6.08. The third-order valence-corrected chi connectivity index (χ3v) is 2.68. The second-order valence-electron chi connectivity index (χ2n) is 4.81. The Hall–Kier alpha value is -1.81. The summed E-state index contributed by atoms with van der Waals surface area (Å²) in [5.74, 6) is 0. The molecular formula is C14H20N4. The summed E-state index contributed by atoms with van der Waals surface area (Å²) < 4.78 is 1.82. The second-order valence-corrected chi connectivity index (χ2v) is 4.81. The zero-order valence-electron chi connectivity index (χ0n) is 11.2. The van der Waals surface area contributed by atoms with Gasteiger partial charge in [0.05, 0.1) is 6.20 Å². The van der Waals surface area contributed by atoms with Crippen LogP contribution in [0.25, 0.3) is 0 Å². The van der Waals surface area contributed by atoms with Gasteiger partial charge in [-0.1, -0.05) is 12.1 Å². The quantitative estimate of drug-likeness (QED) is 0.874. The van der Waals surface area contributed by atoms with Crippen LogP contribution in [0.3, 0.4) is 0 Å². The molecule has 18 heavy (non-hydrogen) atoms. The van der Waals surface area contributed by atoms with E-state index in [1.54, 1.807) is 0 Å². The van der Waals surface area contributed by atoms with E-state index in [0.717, 1.165) is 18.8 Å². The lowest BCUT2D eigenvalue weighted by Crippen LogP contribution is -2.10. The molecule has 0 atom stereocenters. The number of anilines is 1. The van der Waals surface area contributed by atoms with Crippen molar-refractivity contribution < 1.29 is 0 Å². The lowest BCUT2D eigenvalue weighted by Gasteiger charge is -2.11. The standard InChI is InChI=1S/C14H20N4/c1-17(2)10-12-5-4-6-14(7-12)15-8-13-9-16-18(3)11-13/h4-7,9,11,15H,8,10H2,1-3H3. The normalized spacial score (nSPS) is 10.9. The fraction of sp³-hybridized carbons (Fsp3) is 0.357. The Kier molecular flexibility index (Phi) is 3.99. The number of hydrogen-bond acceptors (Lipinski definition) is 3. The Bertz CT molecular complexity index is 502. The Labute approximate surface area is 108 Å². The molecule has 1 aromatic carbocycles. The van der Waals surface area contributed by atoms with Gasteiger partial charge in [-0.25, -0.2) is 0 Å². The van der Waals surface area contributed by atoms with Crippen LogP contribution in [0.5, 0.6) is 0 Å². The predicted octanol–water partition coefficient (Wildman–Crippen LogP) is 2.09. The van der Waals surface area contributed by atoms with E-state index in [1.165, 1.54) is 11.1 Å². The SMILES string of the molecule is CN(C)Cc1cccc(NCc2cnn(C)c2)c1. The lowest BCUT2D eigenvalue weighted by molar-refractivity contribution is 0.402. The third kappa shape index (κ3) is 3.60. The van der Waals surface area contributed by atoms with Gasteiger partial charge in [0.15, 0.2) is 0 Å². The molecule has 4 heteroatoms. The first-order chi connectivity index (χ1) is 8.63. The summed E-state index contributed by atoms with van der Waals surface area (Å²) in [4.78, 5) is 2.17. The fourth-order valence-corrected chi connectivity index (χ4v) is 1.91. The average Bonchev–Trinajstić information content (AvgIpc) is 2.72. The van der Waals surface area contributed by atoms with E-state index in [2.05, 4.69) is 53.7 Å². The number of rotatable bonds is 5. The Morgan fingerprint density at radius 3 is 2.78 bits per heavy atom. The molecule has 0 aliphatic carbocycles. The van der Waals surface area contributed by atoms with Crippen molar-refractivity contribution >= 4 is 5.69 Å². The summed E-state index contributed by atoms with van der Waals surface area (Å²) in [7, 11) is 6.09. The van der Waals surface area contributed by atoms with Gasteiger partial charge in [0, 0.05) is 37.6 Å². The molecule has 2 rings (SSSR count). The molecule has 0 amide bonds. The first kappa shape index (κ1) is 12.6. The monoisotopic (exact) mass is 244 g/mol. The highest BCUT2D eigenvalue weighted by Crippen LogP contribution is 2.13. The van der Waals surface area contributed by atoms with E-state index in [9.17, 15) is 0 Å². The Morgan fingerprint density at radius 2 is 2.11 bits per heavy atom. The molecule has 0 fully saturated rings. The minimum Gasteiger partial charge on any atom is -0.381 e. The molecule has 1 heterocycles. The highest BCUT2D eigenvalue weighted by atomic mass is 15.2. The van der Waals surface area contributed by atoms with Crippen molar-refractivity contribution in [2.45, 2.75) is 13.1 Å². The molecule has 0 spiro atoms.